The largest absolute Gasteiger partial charge is 0.481 e. The predicted molar refractivity (Wildman–Crippen MR) is 119 cm³/mol. The number of methoxy groups -OCH3 is 1. The van der Waals surface area contributed by atoms with Gasteiger partial charge in [0.1, 0.15) is 12.7 Å². The molecule has 3 heterocycles. The molecule has 7 nitrogen and oxygen atoms in total. The third-order valence-electron chi connectivity index (χ3n) is 6.26. The summed E-state index contributed by atoms with van der Waals surface area (Å²) in [5.74, 6) is 0.612. The molecule has 3 rings (SSSR count). The van der Waals surface area contributed by atoms with Gasteiger partial charge in [0, 0.05) is 24.2 Å². The van der Waals surface area contributed by atoms with E-state index in [1.807, 2.05) is 12.3 Å². The third-order valence-corrected chi connectivity index (χ3v) is 6.73. The first-order valence-electron chi connectivity index (χ1n) is 11.0. The molecule has 0 aliphatic carbocycles. The smallest absolute Gasteiger partial charge is 0.213 e. The maximum atomic E-state index is 10.3. The van der Waals surface area contributed by atoms with Gasteiger partial charge in [-0.1, -0.05) is 23.2 Å². The molecule has 1 aromatic rings. The van der Waals surface area contributed by atoms with E-state index in [2.05, 4.69) is 27.3 Å². The highest BCUT2D eigenvalue weighted by atomic mass is 35.5. The number of likely N-dealkylation sites (tertiary alicyclic amines) is 1. The van der Waals surface area contributed by atoms with Gasteiger partial charge in [0.2, 0.25) is 5.88 Å². The first-order chi connectivity index (χ1) is 14.5. The van der Waals surface area contributed by atoms with E-state index in [0.717, 1.165) is 56.6 Å². The van der Waals surface area contributed by atoms with Crippen LogP contribution >= 0.6 is 11.6 Å². The first kappa shape index (κ1) is 23.3. The summed E-state index contributed by atoms with van der Waals surface area (Å²) in [6, 6.07) is 1.95. The molecule has 1 atom stereocenters. The molecule has 0 saturated carbocycles. The van der Waals surface area contributed by atoms with Crippen LogP contribution in [-0.4, -0.2) is 72.7 Å². The summed E-state index contributed by atoms with van der Waals surface area (Å²) in [6.45, 7) is 6.70. The van der Waals surface area contributed by atoms with Crippen LogP contribution < -0.4 is 10.1 Å². The lowest BCUT2D eigenvalue weighted by atomic mass is 9.74. The molecule has 168 valence electrons. The Morgan fingerprint density at radius 3 is 2.73 bits per heavy atom. The topological polar surface area (TPSA) is 79.2 Å². The van der Waals surface area contributed by atoms with E-state index in [4.69, 9.17) is 21.2 Å². The van der Waals surface area contributed by atoms with Crippen molar-refractivity contribution in [2.24, 2.45) is 10.6 Å². The van der Waals surface area contributed by atoms with Crippen LogP contribution in [0.4, 0.5) is 0 Å². The van der Waals surface area contributed by atoms with Gasteiger partial charge in [-0.15, -0.1) is 0 Å². The summed E-state index contributed by atoms with van der Waals surface area (Å²) in [5, 5.41) is 18.4. The van der Waals surface area contributed by atoms with Crippen LogP contribution in [0.3, 0.4) is 0 Å². The molecule has 1 aromatic heterocycles. The maximum absolute atomic E-state index is 10.3. The van der Waals surface area contributed by atoms with Gasteiger partial charge in [-0.05, 0) is 76.3 Å². The molecule has 0 spiro atoms. The van der Waals surface area contributed by atoms with Gasteiger partial charge in [0.05, 0.1) is 7.11 Å². The molecule has 2 saturated heterocycles. The molecule has 0 radical (unpaired) electrons. The maximum Gasteiger partial charge on any atom is 0.213 e. The zero-order chi connectivity index (χ0) is 21.4. The molecule has 2 N–H and O–H groups in total. The van der Waals surface area contributed by atoms with Crippen molar-refractivity contribution >= 4 is 16.8 Å². The monoisotopic (exact) mass is 438 g/mol. The Labute approximate surface area is 184 Å². The average Bonchev–Trinajstić information content (AvgIpc) is 2.76. The van der Waals surface area contributed by atoms with Gasteiger partial charge in [-0.25, -0.2) is 4.98 Å². The highest BCUT2D eigenvalue weighted by Gasteiger charge is 2.38. The number of hydrogen-bond donors (Lipinski definition) is 2. The van der Waals surface area contributed by atoms with Crippen molar-refractivity contribution in [3.8, 4) is 5.88 Å². The lowest BCUT2D eigenvalue weighted by Gasteiger charge is -2.36. The fraction of sp³-hybridized carbons (Fsp3) is 0.727. The molecule has 0 bridgehead atoms. The van der Waals surface area contributed by atoms with Crippen molar-refractivity contribution in [3.05, 3.63) is 23.4 Å². The van der Waals surface area contributed by atoms with Crippen molar-refractivity contribution < 1.29 is 14.7 Å². The quantitative estimate of drug-likeness (QED) is 0.456. The third kappa shape index (κ3) is 6.30. The molecule has 30 heavy (non-hydrogen) atoms. The Morgan fingerprint density at radius 1 is 1.33 bits per heavy atom. The number of pyridine rings is 1. The second kappa shape index (κ2) is 11.3. The fourth-order valence-corrected chi connectivity index (χ4v) is 4.66. The zero-order valence-corrected chi connectivity index (χ0v) is 19.0. The number of rotatable bonds is 9. The summed E-state index contributed by atoms with van der Waals surface area (Å²) < 4.78 is 5.22. The van der Waals surface area contributed by atoms with Gasteiger partial charge in [0.25, 0.3) is 0 Å². The highest BCUT2D eigenvalue weighted by molar-refractivity contribution is 6.66. The number of ether oxygens (including phenoxy) is 1. The average molecular weight is 439 g/mol. The normalized spacial score (nSPS) is 21.3. The van der Waals surface area contributed by atoms with Crippen molar-refractivity contribution in [3.63, 3.8) is 0 Å². The van der Waals surface area contributed by atoms with Crippen LogP contribution in [0.2, 0.25) is 0 Å². The molecule has 2 aliphatic heterocycles. The molecular weight excluding hydrogens is 404 g/mol. The van der Waals surface area contributed by atoms with Crippen molar-refractivity contribution in [1.82, 2.24) is 15.2 Å². The number of β-amino-alcohol motifs (C(OH)–C–C–N with tert-alkyl or cyclic N) is 1. The van der Waals surface area contributed by atoms with Crippen LogP contribution in [0.25, 0.3) is 0 Å². The Kier molecular flexibility index (Phi) is 8.74. The van der Waals surface area contributed by atoms with Gasteiger partial charge in [0.15, 0.2) is 5.17 Å². The van der Waals surface area contributed by atoms with E-state index < -0.39 is 6.10 Å². The molecule has 0 aromatic carbocycles. The number of aromatic nitrogens is 1. The number of nitrogens with zero attached hydrogens (tertiary/aromatic N) is 3. The lowest BCUT2D eigenvalue weighted by Crippen LogP contribution is -2.42. The number of oxime groups is 1. The standard InChI is InChI=1S/C22H35ClN4O3/c1-17-12-20(29-2)25-14-18(17)13-22(6-8-24-9-7-22)21(23)26-30-16-19(28)15-27-10-4-3-5-11-27/h12,14,19,24,28H,3-11,13,15-16H2,1-2H3. The van der Waals surface area contributed by atoms with Crippen LogP contribution in [0, 0.1) is 12.3 Å². The number of piperidine rings is 2. The number of halogens is 1. The molecule has 8 heteroatoms. The van der Waals surface area contributed by atoms with E-state index in [9.17, 15) is 5.11 Å². The van der Waals surface area contributed by atoms with Crippen LogP contribution in [0.1, 0.15) is 43.2 Å². The molecule has 0 amide bonds. The Bertz CT molecular complexity index is 704. The number of aliphatic hydroxyl groups excluding tert-OH is 1. The van der Waals surface area contributed by atoms with E-state index >= 15 is 0 Å². The van der Waals surface area contributed by atoms with Crippen molar-refractivity contribution in [2.45, 2.75) is 51.6 Å². The minimum Gasteiger partial charge on any atom is -0.481 e. The Hall–Kier alpha value is -1.41. The predicted octanol–water partition coefficient (Wildman–Crippen LogP) is 2.73. The minimum absolute atomic E-state index is 0.157. The van der Waals surface area contributed by atoms with Gasteiger partial charge in [-0.3, -0.25) is 0 Å². The molecular formula is C22H35ClN4O3. The molecule has 2 aliphatic rings. The summed E-state index contributed by atoms with van der Waals surface area (Å²) in [7, 11) is 1.62. The van der Waals surface area contributed by atoms with Gasteiger partial charge in [-0.2, -0.15) is 0 Å². The summed E-state index contributed by atoms with van der Waals surface area (Å²) in [6.07, 6.45) is 7.49. The fourth-order valence-electron chi connectivity index (χ4n) is 4.35. The highest BCUT2D eigenvalue weighted by Crippen LogP contribution is 2.37. The number of hydrogen-bond acceptors (Lipinski definition) is 7. The van der Waals surface area contributed by atoms with Gasteiger partial charge < -0.3 is 24.9 Å². The first-order valence-corrected chi connectivity index (χ1v) is 11.4. The molecule has 2 fully saturated rings. The number of nitrogens with one attached hydrogen (secondary N) is 1. The van der Waals surface area contributed by atoms with Crippen LogP contribution in [0.15, 0.2) is 17.4 Å². The lowest BCUT2D eigenvalue weighted by molar-refractivity contribution is 0.0149. The van der Waals surface area contributed by atoms with E-state index in [0.29, 0.717) is 17.6 Å². The second-order valence-electron chi connectivity index (χ2n) is 8.55. The van der Waals surface area contributed by atoms with Crippen LogP contribution in [0.5, 0.6) is 5.88 Å². The summed E-state index contributed by atoms with van der Waals surface area (Å²) in [5.41, 5.74) is 1.98. The van der Waals surface area contributed by atoms with E-state index in [-0.39, 0.29) is 12.0 Å². The minimum atomic E-state index is -0.562. The number of aliphatic hydroxyl groups is 1. The second-order valence-corrected chi connectivity index (χ2v) is 8.91. The van der Waals surface area contributed by atoms with Crippen molar-refractivity contribution in [2.75, 3.05) is 46.4 Å². The van der Waals surface area contributed by atoms with Crippen LogP contribution in [-0.2, 0) is 11.3 Å². The number of aryl methyl sites for hydroxylation is 1. The Morgan fingerprint density at radius 2 is 2.07 bits per heavy atom. The van der Waals surface area contributed by atoms with Crippen molar-refractivity contribution in [1.29, 1.82) is 0 Å². The van der Waals surface area contributed by atoms with E-state index in [1.165, 1.54) is 19.3 Å². The zero-order valence-electron chi connectivity index (χ0n) is 18.2. The van der Waals surface area contributed by atoms with E-state index in [1.54, 1.807) is 7.11 Å². The van der Waals surface area contributed by atoms with Gasteiger partial charge >= 0.3 is 0 Å². The molecule has 1 unspecified atom stereocenters. The summed E-state index contributed by atoms with van der Waals surface area (Å²) in [4.78, 5) is 12.2. The Balaban J connectivity index is 1.62. The SMILES string of the molecule is COc1cc(C)c(CC2(C(Cl)=NOCC(O)CN3CCCCC3)CCNCC2)cn1. The summed E-state index contributed by atoms with van der Waals surface area (Å²) >= 11 is 6.71.